The highest BCUT2D eigenvalue weighted by Gasteiger charge is 2.31. The van der Waals surface area contributed by atoms with Gasteiger partial charge in [0, 0.05) is 44.5 Å². The standard InChI is InChI=1S/C20H21F3N2O4S/c1-30(27,28)18-4-2-3-16(13-18)19(26)25-11-9-24(10-12-25)14-15-5-7-17(8-6-15)29-20(21,22)23/h2-8,13H,9-12,14H2,1H3. The number of halogens is 3. The summed E-state index contributed by atoms with van der Waals surface area (Å²) in [6, 6.07) is 11.7. The van der Waals surface area contributed by atoms with Crippen molar-refractivity contribution in [3.8, 4) is 5.75 Å². The highest BCUT2D eigenvalue weighted by molar-refractivity contribution is 7.90. The van der Waals surface area contributed by atoms with Gasteiger partial charge in [0.2, 0.25) is 0 Å². The maximum absolute atomic E-state index is 12.7. The summed E-state index contributed by atoms with van der Waals surface area (Å²) in [7, 11) is -3.40. The Hall–Kier alpha value is -2.59. The van der Waals surface area contributed by atoms with Gasteiger partial charge in [-0.3, -0.25) is 9.69 Å². The zero-order valence-corrected chi connectivity index (χ0v) is 17.0. The minimum atomic E-state index is -4.72. The molecule has 0 spiro atoms. The van der Waals surface area contributed by atoms with Crippen molar-refractivity contribution in [3.63, 3.8) is 0 Å². The Balaban J connectivity index is 1.55. The summed E-state index contributed by atoms with van der Waals surface area (Å²) < 4.78 is 63.9. The first-order chi connectivity index (χ1) is 14.0. The SMILES string of the molecule is CS(=O)(=O)c1cccc(C(=O)N2CCN(Cc3ccc(OC(F)(F)F)cc3)CC2)c1. The van der Waals surface area contributed by atoms with Crippen LogP contribution in [-0.4, -0.2) is 62.9 Å². The number of nitrogens with zero attached hydrogens (tertiary/aromatic N) is 2. The molecule has 2 aromatic carbocycles. The van der Waals surface area contributed by atoms with Crippen molar-refractivity contribution in [2.45, 2.75) is 17.8 Å². The van der Waals surface area contributed by atoms with Crippen LogP contribution in [0.15, 0.2) is 53.4 Å². The fraction of sp³-hybridized carbons (Fsp3) is 0.350. The predicted octanol–water partition coefficient (Wildman–Crippen LogP) is 2.95. The van der Waals surface area contributed by atoms with Crippen molar-refractivity contribution in [3.05, 3.63) is 59.7 Å². The van der Waals surface area contributed by atoms with E-state index in [2.05, 4.69) is 9.64 Å². The minimum absolute atomic E-state index is 0.102. The Morgan fingerprint density at radius 2 is 1.67 bits per heavy atom. The van der Waals surface area contributed by atoms with E-state index in [4.69, 9.17) is 0 Å². The summed E-state index contributed by atoms with van der Waals surface area (Å²) in [5, 5.41) is 0. The smallest absolute Gasteiger partial charge is 0.406 e. The van der Waals surface area contributed by atoms with Gasteiger partial charge in [0.1, 0.15) is 5.75 Å². The van der Waals surface area contributed by atoms with E-state index in [1.165, 1.54) is 24.3 Å². The first-order valence-corrected chi connectivity index (χ1v) is 11.1. The monoisotopic (exact) mass is 442 g/mol. The summed E-state index contributed by atoms with van der Waals surface area (Å²) >= 11 is 0. The number of alkyl halides is 3. The summed E-state index contributed by atoms with van der Waals surface area (Å²) in [5.41, 5.74) is 1.16. The molecule has 1 aliphatic rings. The third-order valence-electron chi connectivity index (χ3n) is 4.73. The van der Waals surface area contributed by atoms with Crippen molar-refractivity contribution < 1.29 is 31.1 Å². The molecule has 1 fully saturated rings. The maximum atomic E-state index is 12.7. The van der Waals surface area contributed by atoms with Crippen LogP contribution in [0.3, 0.4) is 0 Å². The molecule has 30 heavy (non-hydrogen) atoms. The number of piperazine rings is 1. The molecule has 0 radical (unpaired) electrons. The van der Waals surface area contributed by atoms with Gasteiger partial charge in [-0.1, -0.05) is 18.2 Å². The van der Waals surface area contributed by atoms with E-state index in [0.29, 0.717) is 38.3 Å². The van der Waals surface area contributed by atoms with Crippen LogP contribution in [0.1, 0.15) is 15.9 Å². The Morgan fingerprint density at radius 3 is 2.23 bits per heavy atom. The highest BCUT2D eigenvalue weighted by atomic mass is 32.2. The number of rotatable bonds is 5. The molecule has 0 bridgehead atoms. The second kappa shape index (κ2) is 8.65. The second-order valence-electron chi connectivity index (χ2n) is 7.06. The molecule has 0 N–H and O–H groups in total. The Labute approximate surface area is 172 Å². The van der Waals surface area contributed by atoms with Crippen molar-refractivity contribution >= 4 is 15.7 Å². The summed E-state index contributed by atoms with van der Waals surface area (Å²) in [6.07, 6.45) is -3.62. The molecule has 0 unspecified atom stereocenters. The van der Waals surface area contributed by atoms with Crippen molar-refractivity contribution in [1.29, 1.82) is 0 Å². The van der Waals surface area contributed by atoms with Gasteiger partial charge in [0.15, 0.2) is 9.84 Å². The van der Waals surface area contributed by atoms with Crippen molar-refractivity contribution in [2.75, 3.05) is 32.4 Å². The normalized spacial score (nSPS) is 15.8. The third kappa shape index (κ3) is 5.96. The Kier molecular flexibility index (Phi) is 6.37. The molecular formula is C20H21F3N2O4S. The van der Waals surface area contributed by atoms with Crippen LogP contribution >= 0.6 is 0 Å². The van der Waals surface area contributed by atoms with Gasteiger partial charge in [-0.25, -0.2) is 8.42 Å². The van der Waals surface area contributed by atoms with Gasteiger partial charge in [-0.05, 0) is 35.9 Å². The molecule has 1 heterocycles. The van der Waals surface area contributed by atoms with Crippen LogP contribution in [-0.2, 0) is 16.4 Å². The van der Waals surface area contributed by atoms with Crippen LogP contribution in [0.5, 0.6) is 5.75 Å². The molecule has 1 amide bonds. The number of sulfone groups is 1. The lowest BCUT2D eigenvalue weighted by molar-refractivity contribution is -0.274. The molecule has 0 aliphatic carbocycles. The van der Waals surface area contributed by atoms with E-state index in [0.717, 1.165) is 11.8 Å². The maximum Gasteiger partial charge on any atom is 0.573 e. The number of ether oxygens (including phenoxy) is 1. The third-order valence-corrected chi connectivity index (χ3v) is 5.84. The molecule has 10 heteroatoms. The van der Waals surface area contributed by atoms with E-state index in [1.807, 2.05) is 0 Å². The molecule has 0 atom stereocenters. The second-order valence-corrected chi connectivity index (χ2v) is 9.08. The fourth-order valence-corrected chi connectivity index (χ4v) is 3.87. The minimum Gasteiger partial charge on any atom is -0.406 e. The first kappa shape index (κ1) is 22.1. The topological polar surface area (TPSA) is 66.9 Å². The first-order valence-electron chi connectivity index (χ1n) is 9.18. The number of amides is 1. The molecule has 0 saturated carbocycles. The van der Waals surface area contributed by atoms with E-state index in [1.54, 1.807) is 29.2 Å². The number of benzene rings is 2. The average molecular weight is 442 g/mol. The van der Waals surface area contributed by atoms with E-state index < -0.39 is 16.2 Å². The lowest BCUT2D eigenvalue weighted by Crippen LogP contribution is -2.48. The van der Waals surface area contributed by atoms with Crippen LogP contribution in [0, 0.1) is 0 Å². The van der Waals surface area contributed by atoms with Gasteiger partial charge in [-0.15, -0.1) is 13.2 Å². The van der Waals surface area contributed by atoms with Crippen LogP contribution in [0.2, 0.25) is 0 Å². The molecule has 3 rings (SSSR count). The molecule has 1 saturated heterocycles. The van der Waals surface area contributed by atoms with Gasteiger partial charge < -0.3 is 9.64 Å². The number of carbonyl (C=O) groups excluding carboxylic acids is 1. The lowest BCUT2D eigenvalue weighted by Gasteiger charge is -2.34. The number of hydrogen-bond donors (Lipinski definition) is 0. The number of hydrogen-bond acceptors (Lipinski definition) is 5. The lowest BCUT2D eigenvalue weighted by atomic mass is 10.1. The quantitative estimate of drug-likeness (QED) is 0.713. The van der Waals surface area contributed by atoms with Gasteiger partial charge in [0.05, 0.1) is 4.90 Å². The van der Waals surface area contributed by atoms with Crippen molar-refractivity contribution in [2.24, 2.45) is 0 Å². The Bertz CT molecular complexity index is 999. The van der Waals surface area contributed by atoms with E-state index in [-0.39, 0.29) is 16.6 Å². The molecule has 1 aliphatic heterocycles. The summed E-state index contributed by atoms with van der Waals surface area (Å²) in [5.74, 6) is -0.494. The molecule has 162 valence electrons. The highest BCUT2D eigenvalue weighted by Crippen LogP contribution is 2.23. The van der Waals surface area contributed by atoms with Gasteiger partial charge in [-0.2, -0.15) is 0 Å². The van der Waals surface area contributed by atoms with E-state index >= 15 is 0 Å². The fourth-order valence-electron chi connectivity index (χ4n) is 3.21. The molecule has 0 aromatic heterocycles. The van der Waals surface area contributed by atoms with E-state index in [9.17, 15) is 26.4 Å². The summed E-state index contributed by atoms with van der Waals surface area (Å²) in [6.45, 7) is 2.67. The zero-order valence-electron chi connectivity index (χ0n) is 16.2. The van der Waals surface area contributed by atoms with Gasteiger partial charge in [0.25, 0.3) is 5.91 Å². The zero-order chi connectivity index (χ0) is 21.9. The summed E-state index contributed by atoms with van der Waals surface area (Å²) in [4.78, 5) is 16.6. The van der Waals surface area contributed by atoms with Crippen molar-refractivity contribution in [1.82, 2.24) is 9.80 Å². The van der Waals surface area contributed by atoms with Crippen LogP contribution in [0.25, 0.3) is 0 Å². The largest absolute Gasteiger partial charge is 0.573 e. The number of carbonyl (C=O) groups is 1. The molecular weight excluding hydrogens is 421 g/mol. The predicted molar refractivity (Wildman–Crippen MR) is 104 cm³/mol. The average Bonchev–Trinajstić information content (AvgIpc) is 2.68. The van der Waals surface area contributed by atoms with Crippen LogP contribution < -0.4 is 4.74 Å². The molecule has 6 nitrogen and oxygen atoms in total. The molecule has 2 aromatic rings. The Morgan fingerprint density at radius 1 is 1.03 bits per heavy atom. The van der Waals surface area contributed by atoms with Crippen LogP contribution in [0.4, 0.5) is 13.2 Å². The van der Waals surface area contributed by atoms with Gasteiger partial charge >= 0.3 is 6.36 Å².